The van der Waals surface area contributed by atoms with E-state index in [1.54, 1.807) is 12.1 Å². The van der Waals surface area contributed by atoms with Gasteiger partial charge in [0.25, 0.3) is 0 Å². The van der Waals surface area contributed by atoms with E-state index in [4.69, 9.17) is 11.6 Å². The third kappa shape index (κ3) is 2.94. The van der Waals surface area contributed by atoms with Gasteiger partial charge in [-0.1, -0.05) is 18.9 Å². The Morgan fingerprint density at radius 3 is 2.71 bits per heavy atom. The number of hydrogen-bond donors (Lipinski definition) is 0. The Hall–Kier alpha value is -1.07. The highest BCUT2D eigenvalue weighted by atomic mass is 35.5. The normalized spacial score (nSPS) is 17.3. The van der Waals surface area contributed by atoms with Gasteiger partial charge in [0.2, 0.25) is 0 Å². The molecule has 3 rings (SSSR count). The number of imidazole rings is 1. The maximum absolute atomic E-state index is 11.9. The van der Waals surface area contributed by atoms with Gasteiger partial charge in [0.15, 0.2) is 9.84 Å². The summed E-state index contributed by atoms with van der Waals surface area (Å²) < 4.78 is 25.9. The molecule has 1 fully saturated rings. The van der Waals surface area contributed by atoms with Crippen LogP contribution in [0, 0.1) is 5.92 Å². The molecular weight excluding hydrogens is 308 g/mol. The smallest absolute Gasteiger partial charge is 0.177 e. The predicted octanol–water partition coefficient (Wildman–Crippen LogP) is 3.54. The Labute approximate surface area is 130 Å². The second-order valence-electron chi connectivity index (χ2n) is 5.87. The van der Waals surface area contributed by atoms with Crippen molar-refractivity contribution in [3.63, 3.8) is 0 Å². The molecular formula is C15H19ClN2O2S. The number of benzene rings is 1. The van der Waals surface area contributed by atoms with E-state index in [9.17, 15) is 8.42 Å². The van der Waals surface area contributed by atoms with Crippen molar-refractivity contribution < 1.29 is 8.42 Å². The molecule has 21 heavy (non-hydrogen) atoms. The third-order valence-electron chi connectivity index (χ3n) is 3.98. The van der Waals surface area contributed by atoms with Gasteiger partial charge in [-0.2, -0.15) is 0 Å². The highest BCUT2D eigenvalue weighted by Gasteiger charge is 2.24. The average Bonchev–Trinajstić information content (AvgIpc) is 3.14. The Bertz CT molecular complexity index is 776. The van der Waals surface area contributed by atoms with E-state index in [1.165, 1.54) is 19.1 Å². The summed E-state index contributed by atoms with van der Waals surface area (Å²) in [6, 6.07) is 5.31. The first-order valence-corrected chi connectivity index (χ1v) is 9.54. The van der Waals surface area contributed by atoms with Crippen LogP contribution in [-0.4, -0.2) is 24.2 Å². The first-order valence-electron chi connectivity index (χ1n) is 7.21. The Morgan fingerprint density at radius 1 is 1.43 bits per heavy atom. The summed E-state index contributed by atoms with van der Waals surface area (Å²) in [5, 5.41) is -0.246. The van der Waals surface area contributed by atoms with Gasteiger partial charge in [0, 0.05) is 12.8 Å². The molecule has 0 aliphatic heterocycles. The molecule has 6 heteroatoms. The molecule has 1 saturated carbocycles. The van der Waals surface area contributed by atoms with Crippen molar-refractivity contribution in [3.05, 3.63) is 24.0 Å². The van der Waals surface area contributed by atoms with E-state index < -0.39 is 9.84 Å². The minimum absolute atomic E-state index is 0.246. The van der Waals surface area contributed by atoms with Crippen molar-refractivity contribution in [3.8, 4) is 0 Å². The monoisotopic (exact) mass is 326 g/mol. The summed E-state index contributed by atoms with van der Waals surface area (Å²) >= 11 is 6.24. The molecule has 0 bridgehead atoms. The molecule has 1 atom stereocenters. The van der Waals surface area contributed by atoms with Crippen LogP contribution in [-0.2, 0) is 16.4 Å². The lowest BCUT2D eigenvalue weighted by Crippen LogP contribution is -2.05. The fourth-order valence-corrected chi connectivity index (χ4v) is 3.69. The van der Waals surface area contributed by atoms with Crippen molar-refractivity contribution in [2.45, 2.75) is 43.0 Å². The van der Waals surface area contributed by atoms with Crippen molar-refractivity contribution in [1.82, 2.24) is 9.55 Å². The third-order valence-corrected chi connectivity index (χ3v) is 5.31. The fourth-order valence-electron chi connectivity index (χ4n) is 2.70. The number of aryl methyl sites for hydroxylation is 1. The first kappa shape index (κ1) is 14.9. The van der Waals surface area contributed by atoms with Crippen LogP contribution in [0.1, 0.15) is 37.4 Å². The van der Waals surface area contributed by atoms with Crippen LogP contribution in [0.25, 0.3) is 11.0 Å². The van der Waals surface area contributed by atoms with E-state index in [1.807, 2.05) is 13.0 Å². The average molecular weight is 327 g/mol. The second kappa shape index (κ2) is 5.29. The molecule has 0 N–H and O–H groups in total. The molecule has 114 valence electrons. The second-order valence-corrected chi connectivity index (χ2v) is 8.50. The summed E-state index contributed by atoms with van der Waals surface area (Å²) in [7, 11) is -3.30. The molecule has 2 aromatic rings. The number of sulfone groups is 1. The standard InChI is InChI=1S/C15H19ClN2O2S/c1-10(16)15-17-14-12(18(15)9-8-11-6-7-11)4-3-5-13(14)21(2,19)20/h3-5,10-11H,6-9H2,1-2H3. The minimum atomic E-state index is -3.30. The van der Waals surface area contributed by atoms with E-state index >= 15 is 0 Å². The molecule has 0 amide bonds. The van der Waals surface area contributed by atoms with E-state index in [0.29, 0.717) is 5.52 Å². The highest BCUT2D eigenvalue weighted by molar-refractivity contribution is 7.91. The SMILES string of the molecule is CC(Cl)c1nc2c(S(C)(=O)=O)cccc2n1CCC1CC1. The van der Waals surface area contributed by atoms with Crippen LogP contribution < -0.4 is 0 Å². The van der Waals surface area contributed by atoms with Crippen molar-refractivity contribution in [2.24, 2.45) is 5.92 Å². The molecule has 1 aliphatic rings. The molecule has 4 nitrogen and oxygen atoms in total. The zero-order valence-electron chi connectivity index (χ0n) is 12.2. The molecule has 0 spiro atoms. The Kier molecular flexibility index (Phi) is 3.74. The molecule has 1 aromatic heterocycles. The molecule has 0 radical (unpaired) electrons. The first-order chi connectivity index (χ1) is 9.88. The zero-order chi connectivity index (χ0) is 15.2. The van der Waals surface area contributed by atoms with Gasteiger partial charge in [0.1, 0.15) is 11.3 Å². The number of aromatic nitrogens is 2. The number of nitrogens with zero attached hydrogens (tertiary/aromatic N) is 2. The van der Waals surface area contributed by atoms with Gasteiger partial charge in [0.05, 0.1) is 15.8 Å². The van der Waals surface area contributed by atoms with Gasteiger partial charge >= 0.3 is 0 Å². The van der Waals surface area contributed by atoms with Crippen LogP contribution in [0.4, 0.5) is 0 Å². The van der Waals surface area contributed by atoms with Crippen molar-refractivity contribution in [2.75, 3.05) is 6.26 Å². The van der Waals surface area contributed by atoms with Crippen LogP contribution >= 0.6 is 11.6 Å². The number of para-hydroxylation sites is 1. The van der Waals surface area contributed by atoms with Crippen LogP contribution in [0.15, 0.2) is 23.1 Å². The summed E-state index contributed by atoms with van der Waals surface area (Å²) in [6.07, 6.45) is 4.92. The van der Waals surface area contributed by atoms with Gasteiger partial charge in [-0.25, -0.2) is 13.4 Å². The molecule has 1 aliphatic carbocycles. The number of halogens is 1. The van der Waals surface area contributed by atoms with Gasteiger partial charge in [-0.05, 0) is 31.4 Å². The van der Waals surface area contributed by atoms with Crippen LogP contribution in [0.3, 0.4) is 0 Å². The van der Waals surface area contributed by atoms with Gasteiger partial charge < -0.3 is 4.57 Å². The number of rotatable bonds is 5. The van der Waals surface area contributed by atoms with Crippen molar-refractivity contribution >= 4 is 32.5 Å². The molecule has 1 heterocycles. The number of hydrogen-bond acceptors (Lipinski definition) is 3. The lowest BCUT2D eigenvalue weighted by Gasteiger charge is -2.10. The van der Waals surface area contributed by atoms with Crippen LogP contribution in [0.5, 0.6) is 0 Å². The summed E-state index contributed by atoms with van der Waals surface area (Å²) in [4.78, 5) is 4.81. The Morgan fingerprint density at radius 2 is 2.14 bits per heavy atom. The van der Waals surface area contributed by atoms with Crippen LogP contribution in [0.2, 0.25) is 0 Å². The topological polar surface area (TPSA) is 52.0 Å². The quantitative estimate of drug-likeness (QED) is 0.790. The highest BCUT2D eigenvalue weighted by Crippen LogP contribution is 2.35. The fraction of sp³-hybridized carbons (Fsp3) is 0.533. The van der Waals surface area contributed by atoms with E-state index in [0.717, 1.165) is 30.2 Å². The lowest BCUT2D eigenvalue weighted by atomic mass is 10.2. The van der Waals surface area contributed by atoms with E-state index in [2.05, 4.69) is 9.55 Å². The summed E-state index contributed by atoms with van der Waals surface area (Å²) in [5.41, 5.74) is 1.40. The largest absolute Gasteiger partial charge is 0.327 e. The molecule has 0 saturated heterocycles. The van der Waals surface area contributed by atoms with Gasteiger partial charge in [-0.3, -0.25) is 0 Å². The predicted molar refractivity (Wildman–Crippen MR) is 84.5 cm³/mol. The summed E-state index contributed by atoms with van der Waals surface area (Å²) in [6.45, 7) is 2.72. The maximum atomic E-state index is 11.9. The Balaban J connectivity index is 2.16. The van der Waals surface area contributed by atoms with E-state index in [-0.39, 0.29) is 10.3 Å². The minimum Gasteiger partial charge on any atom is -0.327 e. The molecule has 1 aromatic carbocycles. The van der Waals surface area contributed by atoms with Crippen molar-refractivity contribution in [1.29, 1.82) is 0 Å². The summed E-state index contributed by atoms with van der Waals surface area (Å²) in [5.74, 6) is 1.56. The van der Waals surface area contributed by atoms with Gasteiger partial charge in [-0.15, -0.1) is 11.6 Å². The molecule has 1 unspecified atom stereocenters. The zero-order valence-corrected chi connectivity index (χ0v) is 13.8. The number of fused-ring (bicyclic) bond motifs is 1. The lowest BCUT2D eigenvalue weighted by molar-refractivity contribution is 0.585. The number of alkyl halides is 1. The maximum Gasteiger partial charge on any atom is 0.177 e.